The Hall–Kier alpha value is -2.63. The SMILES string of the molecule is CCCCCC/C=C\C/C=C\CCCCCCCC(=O)OCC(COC(=O)CCCCCCCCCCCCCCCCCCC/C=C\C/C=C\CCCCCCC)OC(=O)CCCCCCCCCCCCCCCCCCCC. The minimum atomic E-state index is -0.777. The first-order valence-electron chi connectivity index (χ1n) is 36.1. The van der Waals surface area contributed by atoms with Gasteiger partial charge in [-0.25, -0.2) is 0 Å². The van der Waals surface area contributed by atoms with Crippen LogP contribution >= 0.6 is 0 Å². The van der Waals surface area contributed by atoms with Gasteiger partial charge in [-0.05, 0) is 83.5 Å². The molecule has 0 N–H and O–H groups in total. The molecule has 474 valence electrons. The van der Waals surface area contributed by atoms with Gasteiger partial charge in [-0.1, -0.05) is 339 Å². The molecule has 0 aromatic rings. The number of esters is 3. The minimum Gasteiger partial charge on any atom is -0.462 e. The van der Waals surface area contributed by atoms with Crippen LogP contribution in [0.2, 0.25) is 0 Å². The molecule has 0 rings (SSSR count). The van der Waals surface area contributed by atoms with E-state index in [4.69, 9.17) is 14.2 Å². The minimum absolute atomic E-state index is 0.0724. The van der Waals surface area contributed by atoms with Crippen LogP contribution in [0.25, 0.3) is 0 Å². The number of unbranched alkanes of at least 4 members (excludes halogenated alkanes) is 48. The van der Waals surface area contributed by atoms with Gasteiger partial charge in [0.2, 0.25) is 0 Å². The molecule has 0 aliphatic heterocycles. The van der Waals surface area contributed by atoms with Gasteiger partial charge in [-0.3, -0.25) is 14.4 Å². The molecule has 81 heavy (non-hydrogen) atoms. The fraction of sp³-hybridized carbons (Fsp3) is 0.853. The van der Waals surface area contributed by atoms with E-state index in [1.165, 1.54) is 270 Å². The number of hydrogen-bond acceptors (Lipinski definition) is 6. The summed E-state index contributed by atoms with van der Waals surface area (Å²) >= 11 is 0. The first-order valence-corrected chi connectivity index (χ1v) is 36.1. The van der Waals surface area contributed by atoms with Crippen molar-refractivity contribution in [3.63, 3.8) is 0 Å². The summed E-state index contributed by atoms with van der Waals surface area (Å²) < 4.78 is 17.0. The Labute approximate surface area is 505 Å². The molecule has 0 fully saturated rings. The maximum Gasteiger partial charge on any atom is 0.306 e. The maximum atomic E-state index is 13.0. The number of hydrogen-bond donors (Lipinski definition) is 0. The van der Waals surface area contributed by atoms with E-state index >= 15 is 0 Å². The number of carbonyl (C=O) groups is 3. The average molecular weight is 1140 g/mol. The number of carbonyl (C=O) groups excluding carboxylic acids is 3. The maximum absolute atomic E-state index is 13.0. The molecule has 0 amide bonds. The Morgan fingerprint density at radius 3 is 0.691 bits per heavy atom. The monoisotopic (exact) mass is 1140 g/mol. The Bertz CT molecular complexity index is 1400. The van der Waals surface area contributed by atoms with E-state index in [0.717, 1.165) is 83.5 Å². The van der Waals surface area contributed by atoms with Crippen molar-refractivity contribution < 1.29 is 28.6 Å². The molecule has 6 heteroatoms. The summed E-state index contributed by atoms with van der Waals surface area (Å²) in [5, 5.41) is 0. The zero-order valence-electron chi connectivity index (χ0n) is 54.6. The number of ether oxygens (including phenoxy) is 3. The normalized spacial score (nSPS) is 12.3. The largest absolute Gasteiger partial charge is 0.462 e. The third-order valence-electron chi connectivity index (χ3n) is 16.3. The molecule has 1 unspecified atom stereocenters. The summed E-state index contributed by atoms with van der Waals surface area (Å²) in [6.45, 7) is 6.67. The summed E-state index contributed by atoms with van der Waals surface area (Å²) in [6, 6.07) is 0. The molecular formula is C75H138O6. The zero-order chi connectivity index (χ0) is 58.5. The average Bonchev–Trinajstić information content (AvgIpc) is 3.47. The third kappa shape index (κ3) is 68.0. The van der Waals surface area contributed by atoms with E-state index in [1.807, 2.05) is 0 Å². The van der Waals surface area contributed by atoms with E-state index < -0.39 is 6.10 Å². The highest BCUT2D eigenvalue weighted by molar-refractivity contribution is 5.71. The second-order valence-electron chi connectivity index (χ2n) is 24.5. The highest BCUT2D eigenvalue weighted by Crippen LogP contribution is 2.18. The van der Waals surface area contributed by atoms with Gasteiger partial charge < -0.3 is 14.2 Å². The molecule has 0 bridgehead atoms. The van der Waals surface area contributed by atoms with Gasteiger partial charge in [0, 0.05) is 19.3 Å². The summed E-state index contributed by atoms with van der Waals surface area (Å²) in [4.78, 5) is 38.5. The lowest BCUT2D eigenvalue weighted by Gasteiger charge is -2.18. The summed E-state index contributed by atoms with van der Waals surface area (Å²) in [5.41, 5.74) is 0. The van der Waals surface area contributed by atoms with Crippen LogP contribution in [0.15, 0.2) is 48.6 Å². The van der Waals surface area contributed by atoms with Crippen LogP contribution in [0.3, 0.4) is 0 Å². The van der Waals surface area contributed by atoms with Gasteiger partial charge in [-0.2, -0.15) is 0 Å². The second kappa shape index (κ2) is 69.9. The zero-order valence-corrected chi connectivity index (χ0v) is 54.6. The first kappa shape index (κ1) is 78.4. The molecule has 0 aliphatic carbocycles. The van der Waals surface area contributed by atoms with Crippen molar-refractivity contribution in [2.24, 2.45) is 0 Å². The molecule has 1 atom stereocenters. The van der Waals surface area contributed by atoms with E-state index in [9.17, 15) is 14.4 Å². The number of allylic oxidation sites excluding steroid dienone is 8. The van der Waals surface area contributed by atoms with Crippen molar-refractivity contribution in [2.45, 2.75) is 399 Å². The lowest BCUT2D eigenvalue weighted by Crippen LogP contribution is -2.30. The van der Waals surface area contributed by atoms with E-state index in [1.54, 1.807) is 0 Å². The molecule has 0 aromatic heterocycles. The van der Waals surface area contributed by atoms with Crippen molar-refractivity contribution in [3.05, 3.63) is 48.6 Å². The predicted octanol–water partition coefficient (Wildman–Crippen LogP) is 24.9. The van der Waals surface area contributed by atoms with Crippen LogP contribution < -0.4 is 0 Å². The highest BCUT2D eigenvalue weighted by Gasteiger charge is 2.19. The third-order valence-corrected chi connectivity index (χ3v) is 16.3. The first-order chi connectivity index (χ1) is 40.0. The van der Waals surface area contributed by atoms with Crippen LogP contribution in [0, 0.1) is 0 Å². The van der Waals surface area contributed by atoms with Gasteiger partial charge in [0.05, 0.1) is 0 Å². The van der Waals surface area contributed by atoms with Gasteiger partial charge >= 0.3 is 17.9 Å². The lowest BCUT2D eigenvalue weighted by atomic mass is 10.0. The summed E-state index contributed by atoms with van der Waals surface area (Å²) in [6.07, 6.45) is 88.6. The molecule has 0 aliphatic rings. The van der Waals surface area contributed by atoms with E-state index in [2.05, 4.69) is 69.4 Å². The molecule has 0 heterocycles. The predicted molar refractivity (Wildman–Crippen MR) is 353 cm³/mol. The van der Waals surface area contributed by atoms with Crippen molar-refractivity contribution >= 4 is 17.9 Å². The highest BCUT2D eigenvalue weighted by atomic mass is 16.6. The molecule has 0 radical (unpaired) electrons. The standard InChI is InChI=1S/C75H138O6/c1-4-7-10-13-16-19-22-25-28-31-33-34-35-36-37-38-39-40-41-42-43-45-47-50-53-56-59-62-65-68-74(77)80-71-72(70-79-73(76)67-64-61-58-55-52-49-46-30-27-24-21-18-15-12-9-6-3)81-75(78)69-66-63-60-57-54-51-48-44-32-29-26-23-20-17-14-11-8-5-2/h21-22,24-25,30-31,33,46,72H,4-20,23,26-29,32,34-45,47-71H2,1-3H3/b24-21-,25-22-,33-31-,46-30-. The topological polar surface area (TPSA) is 78.9 Å². The number of rotatable bonds is 67. The summed E-state index contributed by atoms with van der Waals surface area (Å²) in [7, 11) is 0. The van der Waals surface area contributed by atoms with Crippen molar-refractivity contribution in [3.8, 4) is 0 Å². The Morgan fingerprint density at radius 2 is 0.444 bits per heavy atom. The van der Waals surface area contributed by atoms with E-state index in [0.29, 0.717) is 19.3 Å². The molecule has 0 saturated heterocycles. The summed E-state index contributed by atoms with van der Waals surface area (Å²) in [5.74, 6) is -0.858. The van der Waals surface area contributed by atoms with Crippen molar-refractivity contribution in [1.29, 1.82) is 0 Å². The molecule has 0 spiro atoms. The van der Waals surface area contributed by atoms with Crippen LogP contribution in [0.5, 0.6) is 0 Å². The molecular weight excluding hydrogens is 997 g/mol. The van der Waals surface area contributed by atoms with Crippen LogP contribution in [0.4, 0.5) is 0 Å². The van der Waals surface area contributed by atoms with Gasteiger partial charge in [0.1, 0.15) is 13.2 Å². The smallest absolute Gasteiger partial charge is 0.306 e. The van der Waals surface area contributed by atoms with Crippen molar-refractivity contribution in [2.75, 3.05) is 13.2 Å². The van der Waals surface area contributed by atoms with Crippen LogP contribution in [-0.4, -0.2) is 37.2 Å². The van der Waals surface area contributed by atoms with Gasteiger partial charge in [0.25, 0.3) is 0 Å². The lowest BCUT2D eigenvalue weighted by molar-refractivity contribution is -0.167. The molecule has 0 saturated carbocycles. The quantitative estimate of drug-likeness (QED) is 0.0261. The Balaban J connectivity index is 4.23. The fourth-order valence-corrected chi connectivity index (χ4v) is 10.9. The van der Waals surface area contributed by atoms with Crippen LogP contribution in [0.1, 0.15) is 393 Å². The van der Waals surface area contributed by atoms with E-state index in [-0.39, 0.29) is 31.1 Å². The van der Waals surface area contributed by atoms with Gasteiger partial charge in [0.15, 0.2) is 6.10 Å². The van der Waals surface area contributed by atoms with Crippen molar-refractivity contribution in [1.82, 2.24) is 0 Å². The fourth-order valence-electron chi connectivity index (χ4n) is 10.9. The van der Waals surface area contributed by atoms with Gasteiger partial charge in [-0.15, -0.1) is 0 Å². The second-order valence-corrected chi connectivity index (χ2v) is 24.5. The van der Waals surface area contributed by atoms with Crippen LogP contribution in [-0.2, 0) is 28.6 Å². The molecule has 0 aromatic carbocycles. The Morgan fingerprint density at radius 1 is 0.247 bits per heavy atom. The Kier molecular flexibility index (Phi) is 67.6. The molecule has 6 nitrogen and oxygen atoms in total.